The fourth-order valence-electron chi connectivity index (χ4n) is 2.89. The van der Waals surface area contributed by atoms with E-state index in [-0.39, 0.29) is 24.8 Å². The lowest BCUT2D eigenvalue weighted by atomic mass is 10.2. The fourth-order valence-corrected chi connectivity index (χ4v) is 3.40. The number of carbonyl (C=O) groups is 1. The summed E-state index contributed by atoms with van der Waals surface area (Å²) in [5, 5.41) is 11.6. The van der Waals surface area contributed by atoms with E-state index < -0.39 is 11.7 Å². The van der Waals surface area contributed by atoms with Gasteiger partial charge in [-0.25, -0.2) is 14.1 Å². The molecule has 4 rings (SSSR count). The van der Waals surface area contributed by atoms with Crippen molar-refractivity contribution in [2.75, 3.05) is 5.32 Å². The Hall–Kier alpha value is -3.43. The predicted molar refractivity (Wildman–Crippen MR) is 116 cm³/mol. The van der Waals surface area contributed by atoms with Crippen molar-refractivity contribution in [3.05, 3.63) is 87.2 Å². The van der Waals surface area contributed by atoms with E-state index >= 15 is 0 Å². The minimum Gasteiger partial charge on any atom is -0.489 e. The second-order valence-corrected chi connectivity index (χ2v) is 7.55. The molecule has 1 amide bonds. The molecular weight excluding hydrogens is 460 g/mol. The van der Waals surface area contributed by atoms with Crippen LogP contribution in [0.15, 0.2) is 53.3 Å². The number of rotatable bonds is 7. The lowest BCUT2D eigenvalue weighted by Gasteiger charge is -2.07. The molecule has 0 aliphatic rings. The zero-order chi connectivity index (χ0) is 22.7. The molecule has 8 nitrogen and oxygen atoms in total. The van der Waals surface area contributed by atoms with E-state index in [9.17, 15) is 9.18 Å². The number of halogens is 3. The summed E-state index contributed by atoms with van der Waals surface area (Å²) in [5.74, 6) is -0.222. The minimum atomic E-state index is -0.576. The van der Waals surface area contributed by atoms with Crippen LogP contribution in [0.4, 0.5) is 10.3 Å². The highest BCUT2D eigenvalue weighted by Gasteiger charge is 2.22. The number of nitrogens with zero attached hydrogens (tertiary/aromatic N) is 4. The van der Waals surface area contributed by atoms with Gasteiger partial charge in [0.15, 0.2) is 5.69 Å². The molecule has 0 saturated carbocycles. The third-order valence-electron chi connectivity index (χ3n) is 4.52. The van der Waals surface area contributed by atoms with Crippen LogP contribution >= 0.6 is 23.2 Å². The van der Waals surface area contributed by atoms with Crippen molar-refractivity contribution >= 4 is 35.1 Å². The lowest BCUT2D eigenvalue weighted by molar-refractivity contribution is 0.101. The Kier molecular flexibility index (Phi) is 6.38. The van der Waals surface area contributed by atoms with Crippen LogP contribution in [0.2, 0.25) is 10.0 Å². The zero-order valence-electron chi connectivity index (χ0n) is 16.7. The van der Waals surface area contributed by atoms with Crippen LogP contribution in [0.25, 0.3) is 0 Å². The van der Waals surface area contributed by atoms with E-state index in [1.165, 1.54) is 29.2 Å². The molecule has 0 atom stereocenters. The third-order valence-corrected chi connectivity index (χ3v) is 5.23. The van der Waals surface area contributed by atoms with Crippen LogP contribution in [0.3, 0.4) is 0 Å². The van der Waals surface area contributed by atoms with Gasteiger partial charge in [0.2, 0.25) is 5.95 Å². The van der Waals surface area contributed by atoms with Gasteiger partial charge in [0.1, 0.15) is 30.3 Å². The Morgan fingerprint density at radius 2 is 1.94 bits per heavy atom. The van der Waals surface area contributed by atoms with Gasteiger partial charge in [-0.1, -0.05) is 40.5 Å². The Morgan fingerprint density at radius 3 is 2.69 bits per heavy atom. The van der Waals surface area contributed by atoms with E-state index in [0.29, 0.717) is 32.7 Å². The van der Waals surface area contributed by atoms with Crippen molar-refractivity contribution in [2.24, 2.45) is 0 Å². The maximum absolute atomic E-state index is 13.3. The molecule has 0 aliphatic heterocycles. The van der Waals surface area contributed by atoms with Crippen LogP contribution in [0.1, 0.15) is 27.4 Å². The number of benzene rings is 2. The summed E-state index contributed by atoms with van der Waals surface area (Å²) >= 11 is 12.4. The van der Waals surface area contributed by atoms with Gasteiger partial charge >= 0.3 is 0 Å². The minimum absolute atomic E-state index is 0.0180. The van der Waals surface area contributed by atoms with Gasteiger partial charge in [0, 0.05) is 21.7 Å². The first-order valence-corrected chi connectivity index (χ1v) is 10.1. The lowest BCUT2D eigenvalue weighted by Crippen LogP contribution is -2.16. The summed E-state index contributed by atoms with van der Waals surface area (Å²) < 4.78 is 25.5. The quantitative estimate of drug-likeness (QED) is 0.408. The smallest absolute Gasteiger partial charge is 0.280 e. The van der Waals surface area contributed by atoms with Crippen molar-refractivity contribution in [2.45, 2.75) is 20.1 Å². The Balaban J connectivity index is 1.45. The largest absolute Gasteiger partial charge is 0.489 e. The topological polar surface area (TPSA) is 95.1 Å². The molecule has 164 valence electrons. The second kappa shape index (κ2) is 9.37. The monoisotopic (exact) mass is 475 g/mol. The molecule has 4 aromatic rings. The highest BCUT2D eigenvalue weighted by atomic mass is 35.5. The number of aromatic nitrogens is 4. The predicted octanol–water partition coefficient (Wildman–Crippen LogP) is 4.90. The number of amides is 1. The van der Waals surface area contributed by atoms with Crippen molar-refractivity contribution in [1.29, 1.82) is 0 Å². The fraction of sp³-hybridized carbons (Fsp3) is 0.143. The number of ether oxygens (including phenoxy) is 1. The molecule has 0 spiro atoms. The van der Waals surface area contributed by atoms with E-state index in [0.717, 1.165) is 0 Å². The maximum Gasteiger partial charge on any atom is 0.280 e. The number of nitrogens with one attached hydrogen (secondary N) is 1. The first-order chi connectivity index (χ1) is 15.4. The van der Waals surface area contributed by atoms with Gasteiger partial charge in [-0.3, -0.25) is 10.1 Å². The number of aryl methyl sites for hydroxylation is 1. The van der Waals surface area contributed by atoms with E-state index in [1.54, 1.807) is 31.2 Å². The highest BCUT2D eigenvalue weighted by Crippen LogP contribution is 2.25. The average molecular weight is 476 g/mol. The average Bonchev–Trinajstić information content (AvgIpc) is 3.35. The van der Waals surface area contributed by atoms with Crippen LogP contribution in [-0.2, 0) is 13.2 Å². The Morgan fingerprint density at radius 1 is 1.19 bits per heavy atom. The Bertz CT molecular complexity index is 1250. The molecule has 2 aromatic carbocycles. The maximum atomic E-state index is 13.3. The van der Waals surface area contributed by atoms with E-state index in [2.05, 4.69) is 20.6 Å². The van der Waals surface area contributed by atoms with Gasteiger partial charge in [0.25, 0.3) is 5.91 Å². The van der Waals surface area contributed by atoms with Crippen molar-refractivity contribution in [3.8, 4) is 5.75 Å². The molecule has 0 unspecified atom stereocenters. The van der Waals surface area contributed by atoms with Gasteiger partial charge in [-0.2, -0.15) is 0 Å². The standard InChI is InChI=1S/C21H16Cl2FN5O3/c1-12-16(10-31-14-5-2-4-13(24)8-14)19(28-32-12)20(30)26-21-25-11-29(27-21)9-15-17(22)6-3-7-18(15)23/h2-8,11H,9-10H2,1H3,(H,26,27,30). The summed E-state index contributed by atoms with van der Waals surface area (Å²) in [6.45, 7) is 1.89. The molecule has 1 N–H and O–H groups in total. The van der Waals surface area contributed by atoms with Crippen molar-refractivity contribution < 1.29 is 18.4 Å². The highest BCUT2D eigenvalue weighted by molar-refractivity contribution is 6.35. The van der Waals surface area contributed by atoms with Gasteiger partial charge in [-0.15, -0.1) is 5.10 Å². The van der Waals surface area contributed by atoms with Crippen LogP contribution in [0, 0.1) is 12.7 Å². The van der Waals surface area contributed by atoms with Crippen LogP contribution in [-0.4, -0.2) is 25.8 Å². The molecule has 0 saturated heterocycles. The third kappa shape index (κ3) is 4.90. The number of hydrogen-bond donors (Lipinski definition) is 1. The normalized spacial score (nSPS) is 10.9. The molecule has 0 aliphatic carbocycles. The van der Waals surface area contributed by atoms with Crippen LogP contribution in [0.5, 0.6) is 5.75 Å². The van der Waals surface area contributed by atoms with Gasteiger partial charge in [0.05, 0.1) is 12.1 Å². The summed E-state index contributed by atoms with van der Waals surface area (Å²) in [6, 6.07) is 10.9. The first-order valence-electron chi connectivity index (χ1n) is 9.38. The zero-order valence-corrected chi connectivity index (χ0v) is 18.2. The molecular formula is C21H16Cl2FN5O3. The van der Waals surface area contributed by atoms with Gasteiger partial charge < -0.3 is 9.26 Å². The van der Waals surface area contributed by atoms with E-state index in [1.807, 2.05) is 0 Å². The second-order valence-electron chi connectivity index (χ2n) is 6.73. The molecule has 0 fully saturated rings. The summed E-state index contributed by atoms with van der Waals surface area (Å²) in [7, 11) is 0. The van der Waals surface area contributed by atoms with Gasteiger partial charge in [-0.05, 0) is 31.2 Å². The summed E-state index contributed by atoms with van der Waals surface area (Å²) in [4.78, 5) is 16.8. The molecule has 2 aromatic heterocycles. The molecule has 11 heteroatoms. The SMILES string of the molecule is Cc1onc(C(=O)Nc2ncn(Cc3c(Cl)cccc3Cl)n2)c1COc1cccc(F)c1. The summed E-state index contributed by atoms with van der Waals surface area (Å²) in [5.41, 5.74) is 1.13. The number of anilines is 1. The molecule has 2 heterocycles. The number of hydrogen-bond acceptors (Lipinski definition) is 6. The Labute approximate surface area is 191 Å². The van der Waals surface area contributed by atoms with Crippen LogP contribution < -0.4 is 10.1 Å². The van der Waals surface area contributed by atoms with E-state index in [4.69, 9.17) is 32.5 Å². The first kappa shape index (κ1) is 21.8. The summed E-state index contributed by atoms with van der Waals surface area (Å²) in [6.07, 6.45) is 1.44. The van der Waals surface area contributed by atoms with Crippen molar-refractivity contribution in [1.82, 2.24) is 19.9 Å². The number of carbonyl (C=O) groups excluding carboxylic acids is 1. The molecule has 0 radical (unpaired) electrons. The molecule has 32 heavy (non-hydrogen) atoms. The van der Waals surface area contributed by atoms with Crippen molar-refractivity contribution in [3.63, 3.8) is 0 Å². The molecule has 0 bridgehead atoms.